The molecule has 0 saturated carbocycles. The van der Waals surface area contributed by atoms with Crippen molar-refractivity contribution in [3.63, 3.8) is 0 Å². The molecule has 0 bridgehead atoms. The summed E-state index contributed by atoms with van der Waals surface area (Å²) in [5.74, 6) is -3.42. The van der Waals surface area contributed by atoms with Crippen molar-refractivity contribution in [3.05, 3.63) is 12.2 Å². The van der Waals surface area contributed by atoms with Gasteiger partial charge in [-0.25, -0.2) is 4.79 Å². The molecule has 1 saturated heterocycles. The zero-order valence-corrected chi connectivity index (χ0v) is 13.1. The first-order valence-electron chi connectivity index (χ1n) is 7.56. The number of hydrogen-bond acceptors (Lipinski definition) is 7. The van der Waals surface area contributed by atoms with E-state index in [1.54, 1.807) is 6.92 Å². The fraction of sp³-hybridized carbons (Fsp3) is 0.533. The SMILES string of the molecule is CCOC(=O)NC(=O)COC(=O)CN1C(=O)C2CC=CCC2C1=O. The minimum atomic E-state index is -0.944. The minimum absolute atomic E-state index is 0.0925. The van der Waals surface area contributed by atoms with Crippen LogP contribution in [-0.2, 0) is 28.7 Å². The molecule has 1 fully saturated rings. The number of rotatable bonds is 5. The van der Waals surface area contributed by atoms with E-state index in [0.29, 0.717) is 12.8 Å². The number of esters is 1. The number of likely N-dealkylation sites (tertiary alicyclic amines) is 1. The highest BCUT2D eigenvalue weighted by Crippen LogP contribution is 2.34. The quantitative estimate of drug-likeness (QED) is 0.417. The molecule has 0 aromatic rings. The Morgan fingerprint density at radius 2 is 1.71 bits per heavy atom. The van der Waals surface area contributed by atoms with Gasteiger partial charge in [-0.05, 0) is 19.8 Å². The molecule has 2 unspecified atom stereocenters. The third-order valence-electron chi connectivity index (χ3n) is 3.77. The lowest BCUT2D eigenvalue weighted by atomic mass is 9.85. The Kier molecular flexibility index (Phi) is 5.67. The maximum atomic E-state index is 12.2. The number of carbonyl (C=O) groups excluding carboxylic acids is 5. The van der Waals surface area contributed by atoms with Crippen molar-refractivity contribution in [3.8, 4) is 0 Å². The summed E-state index contributed by atoms with van der Waals surface area (Å²) in [4.78, 5) is 59.3. The van der Waals surface area contributed by atoms with Crippen molar-refractivity contribution in [2.75, 3.05) is 19.8 Å². The summed E-state index contributed by atoms with van der Waals surface area (Å²) in [7, 11) is 0. The van der Waals surface area contributed by atoms with E-state index in [-0.39, 0.29) is 6.61 Å². The average molecular weight is 338 g/mol. The molecule has 2 aliphatic rings. The van der Waals surface area contributed by atoms with E-state index in [1.165, 1.54) is 0 Å². The van der Waals surface area contributed by atoms with Crippen LogP contribution in [0.15, 0.2) is 12.2 Å². The number of ether oxygens (including phenoxy) is 2. The Bertz CT molecular complexity index is 573. The van der Waals surface area contributed by atoms with Gasteiger partial charge in [0, 0.05) is 0 Å². The number of alkyl carbamates (subject to hydrolysis) is 1. The molecule has 2 atom stereocenters. The smallest absolute Gasteiger partial charge is 0.413 e. The molecule has 4 amide bonds. The Labute approximate surface area is 137 Å². The average Bonchev–Trinajstić information content (AvgIpc) is 2.79. The highest BCUT2D eigenvalue weighted by Gasteiger charge is 2.47. The molecule has 0 spiro atoms. The molecule has 0 radical (unpaired) electrons. The topological polar surface area (TPSA) is 119 Å². The van der Waals surface area contributed by atoms with Gasteiger partial charge in [0.2, 0.25) is 11.8 Å². The first kappa shape index (κ1) is 17.6. The monoisotopic (exact) mass is 338 g/mol. The lowest BCUT2D eigenvalue weighted by Crippen LogP contribution is -2.39. The fourth-order valence-electron chi connectivity index (χ4n) is 2.66. The first-order chi connectivity index (χ1) is 11.4. The Balaban J connectivity index is 1.80. The van der Waals surface area contributed by atoms with Crippen LogP contribution in [-0.4, -0.2) is 54.4 Å². The number of imide groups is 2. The number of fused-ring (bicyclic) bond motifs is 1. The van der Waals surface area contributed by atoms with Gasteiger partial charge in [-0.2, -0.15) is 0 Å². The van der Waals surface area contributed by atoms with Gasteiger partial charge < -0.3 is 9.47 Å². The summed E-state index contributed by atoms with van der Waals surface area (Å²) in [6.45, 7) is 0.413. The maximum Gasteiger partial charge on any atom is 0.413 e. The maximum absolute atomic E-state index is 12.2. The molecule has 1 N–H and O–H groups in total. The zero-order chi connectivity index (χ0) is 17.7. The standard InChI is InChI=1S/C15H18N2O7/c1-2-23-15(22)16-11(18)8-24-12(19)7-17-13(20)9-5-3-4-6-10(9)14(17)21/h3-4,9-10H,2,5-8H2,1H3,(H,16,18,22). The van der Waals surface area contributed by atoms with Gasteiger partial charge in [0.1, 0.15) is 6.54 Å². The molecule has 0 aromatic heterocycles. The normalized spacial score (nSPS) is 22.1. The number of carbonyl (C=O) groups is 5. The van der Waals surface area contributed by atoms with Gasteiger partial charge in [-0.3, -0.25) is 29.4 Å². The number of nitrogens with zero attached hydrogens (tertiary/aromatic N) is 1. The van der Waals surface area contributed by atoms with E-state index in [1.807, 2.05) is 17.5 Å². The van der Waals surface area contributed by atoms with Crippen molar-refractivity contribution in [2.24, 2.45) is 11.8 Å². The van der Waals surface area contributed by atoms with E-state index >= 15 is 0 Å². The number of nitrogens with one attached hydrogen (secondary N) is 1. The van der Waals surface area contributed by atoms with Gasteiger partial charge in [-0.1, -0.05) is 12.2 Å². The lowest BCUT2D eigenvalue weighted by Gasteiger charge is -2.14. The van der Waals surface area contributed by atoms with Crippen molar-refractivity contribution < 1.29 is 33.4 Å². The van der Waals surface area contributed by atoms with Crippen LogP contribution in [0.4, 0.5) is 4.79 Å². The van der Waals surface area contributed by atoms with E-state index < -0.39 is 54.8 Å². The summed E-state index contributed by atoms with van der Waals surface area (Å²) < 4.78 is 9.17. The molecule has 0 aromatic carbocycles. The number of amides is 4. The molecular formula is C15H18N2O7. The van der Waals surface area contributed by atoms with E-state index in [9.17, 15) is 24.0 Å². The van der Waals surface area contributed by atoms with E-state index in [0.717, 1.165) is 4.90 Å². The highest BCUT2D eigenvalue weighted by molar-refractivity contribution is 6.07. The second kappa shape index (κ2) is 7.71. The highest BCUT2D eigenvalue weighted by atomic mass is 16.6. The minimum Gasteiger partial charge on any atom is -0.454 e. The largest absolute Gasteiger partial charge is 0.454 e. The van der Waals surface area contributed by atoms with Gasteiger partial charge in [0.05, 0.1) is 18.4 Å². The van der Waals surface area contributed by atoms with Crippen LogP contribution in [0.1, 0.15) is 19.8 Å². The molecule has 9 heteroatoms. The van der Waals surface area contributed by atoms with Crippen LogP contribution >= 0.6 is 0 Å². The molecule has 9 nitrogen and oxygen atoms in total. The molecule has 24 heavy (non-hydrogen) atoms. The zero-order valence-electron chi connectivity index (χ0n) is 13.1. The second-order valence-corrected chi connectivity index (χ2v) is 5.35. The van der Waals surface area contributed by atoms with Crippen LogP contribution < -0.4 is 5.32 Å². The van der Waals surface area contributed by atoms with E-state index in [4.69, 9.17) is 0 Å². The molecule has 1 aliphatic heterocycles. The molecule has 1 aliphatic carbocycles. The lowest BCUT2D eigenvalue weighted by molar-refractivity contribution is -0.154. The van der Waals surface area contributed by atoms with Crippen molar-refractivity contribution in [2.45, 2.75) is 19.8 Å². The molecule has 130 valence electrons. The predicted molar refractivity (Wildman–Crippen MR) is 78.2 cm³/mol. The molecular weight excluding hydrogens is 320 g/mol. The van der Waals surface area contributed by atoms with Crippen molar-refractivity contribution in [1.29, 1.82) is 0 Å². The Hall–Kier alpha value is -2.71. The fourth-order valence-corrected chi connectivity index (χ4v) is 2.66. The van der Waals surface area contributed by atoms with Crippen molar-refractivity contribution >= 4 is 29.8 Å². The molecule has 2 rings (SSSR count). The van der Waals surface area contributed by atoms with Crippen LogP contribution in [0.25, 0.3) is 0 Å². The van der Waals surface area contributed by atoms with Crippen LogP contribution in [0.3, 0.4) is 0 Å². The third-order valence-corrected chi connectivity index (χ3v) is 3.77. The predicted octanol–water partition coefficient (Wildman–Crippen LogP) is -0.247. The number of allylic oxidation sites excluding steroid dienone is 2. The van der Waals surface area contributed by atoms with Gasteiger partial charge in [-0.15, -0.1) is 0 Å². The Morgan fingerprint density at radius 1 is 1.12 bits per heavy atom. The van der Waals surface area contributed by atoms with Crippen LogP contribution in [0.2, 0.25) is 0 Å². The number of hydrogen-bond donors (Lipinski definition) is 1. The second-order valence-electron chi connectivity index (χ2n) is 5.35. The van der Waals surface area contributed by atoms with Crippen molar-refractivity contribution in [1.82, 2.24) is 10.2 Å². The van der Waals surface area contributed by atoms with Gasteiger partial charge >= 0.3 is 12.1 Å². The Morgan fingerprint density at radius 3 is 2.25 bits per heavy atom. The molecule has 1 heterocycles. The van der Waals surface area contributed by atoms with Gasteiger partial charge in [0.15, 0.2) is 6.61 Å². The first-order valence-corrected chi connectivity index (χ1v) is 7.56. The summed E-state index contributed by atoms with van der Waals surface area (Å²) in [5, 5.41) is 1.85. The summed E-state index contributed by atoms with van der Waals surface area (Å²) in [5.41, 5.74) is 0. The summed E-state index contributed by atoms with van der Waals surface area (Å²) in [6.07, 6.45) is 3.69. The van der Waals surface area contributed by atoms with Crippen LogP contribution in [0.5, 0.6) is 0 Å². The summed E-state index contributed by atoms with van der Waals surface area (Å²) in [6, 6.07) is 0. The van der Waals surface area contributed by atoms with Gasteiger partial charge in [0.25, 0.3) is 5.91 Å². The third kappa shape index (κ3) is 3.98. The van der Waals surface area contributed by atoms with Crippen LogP contribution in [0, 0.1) is 11.8 Å². The summed E-state index contributed by atoms with van der Waals surface area (Å²) >= 11 is 0. The van der Waals surface area contributed by atoms with E-state index in [2.05, 4.69) is 9.47 Å².